The third-order valence-corrected chi connectivity index (χ3v) is 4.57. The molecule has 0 spiro atoms. The summed E-state index contributed by atoms with van der Waals surface area (Å²) in [4.78, 5) is 14.7. The number of oxazole rings is 1. The van der Waals surface area contributed by atoms with Gasteiger partial charge in [-0.2, -0.15) is 18.4 Å². The molecule has 164 valence electrons. The molecule has 0 bridgehead atoms. The number of hydrogen-bond donors (Lipinski definition) is 0. The number of rotatable bonds is 5. The Morgan fingerprint density at radius 3 is 2.52 bits per heavy atom. The summed E-state index contributed by atoms with van der Waals surface area (Å²) in [6.45, 7) is 0. The van der Waals surface area contributed by atoms with E-state index in [1.165, 1.54) is 12.1 Å². The quantitative estimate of drug-likeness (QED) is 0.192. The molecule has 0 N–H and O–H groups in total. The van der Waals surface area contributed by atoms with E-state index in [0.717, 1.165) is 6.07 Å². The van der Waals surface area contributed by atoms with E-state index in [9.17, 15) is 28.5 Å². The molecule has 4 aromatic rings. The summed E-state index contributed by atoms with van der Waals surface area (Å²) in [6.07, 6.45) is -3.33. The summed E-state index contributed by atoms with van der Waals surface area (Å²) >= 11 is 0. The minimum absolute atomic E-state index is 0.0594. The van der Waals surface area contributed by atoms with Crippen LogP contribution < -0.4 is 4.74 Å². The molecule has 1 aromatic heterocycles. The van der Waals surface area contributed by atoms with Crippen molar-refractivity contribution in [2.24, 2.45) is 0 Å². The Hall–Kier alpha value is -4.65. The van der Waals surface area contributed by atoms with Gasteiger partial charge < -0.3 is 9.15 Å². The summed E-state index contributed by atoms with van der Waals surface area (Å²) in [5.74, 6) is -0.229. The molecule has 0 fully saturated rings. The van der Waals surface area contributed by atoms with Gasteiger partial charge in [0, 0.05) is 11.6 Å². The molecule has 0 amide bonds. The van der Waals surface area contributed by atoms with Gasteiger partial charge in [-0.05, 0) is 36.4 Å². The van der Waals surface area contributed by atoms with Crippen molar-refractivity contribution >= 4 is 28.4 Å². The second-order valence-electron chi connectivity index (χ2n) is 6.73. The molecule has 10 heteroatoms. The maximum Gasteiger partial charge on any atom is 0.416 e. The number of fused-ring (bicyclic) bond motifs is 1. The van der Waals surface area contributed by atoms with Crippen LogP contribution in [0.1, 0.15) is 17.0 Å². The minimum atomic E-state index is -4.74. The normalized spacial score (nSPS) is 11.9. The lowest BCUT2D eigenvalue weighted by Crippen LogP contribution is -2.06. The molecule has 33 heavy (non-hydrogen) atoms. The van der Waals surface area contributed by atoms with Crippen LogP contribution in [0.4, 0.5) is 18.9 Å². The van der Waals surface area contributed by atoms with E-state index in [-0.39, 0.29) is 23.0 Å². The molecule has 1 heterocycles. The van der Waals surface area contributed by atoms with E-state index in [2.05, 4.69) is 4.98 Å². The molecule has 4 rings (SSSR count). The molecule has 0 aliphatic heterocycles. The smallest absolute Gasteiger partial charge is 0.416 e. The predicted molar refractivity (Wildman–Crippen MR) is 112 cm³/mol. The monoisotopic (exact) mass is 451 g/mol. The molecular weight excluding hydrogens is 439 g/mol. The van der Waals surface area contributed by atoms with Crippen molar-refractivity contribution in [1.82, 2.24) is 4.98 Å². The van der Waals surface area contributed by atoms with Gasteiger partial charge >= 0.3 is 11.9 Å². The average Bonchev–Trinajstić information content (AvgIpc) is 3.22. The second-order valence-corrected chi connectivity index (χ2v) is 6.73. The Labute approximate surface area is 184 Å². The van der Waals surface area contributed by atoms with Crippen molar-refractivity contribution in [2.75, 3.05) is 0 Å². The van der Waals surface area contributed by atoms with Crippen molar-refractivity contribution in [3.63, 3.8) is 0 Å². The SMILES string of the molecule is N#C/C(=C\c1ccccc1Oc1ccc(C(F)(F)F)cc1[N+](=O)[O-])c1nc2ccccc2o1. The van der Waals surface area contributed by atoms with Gasteiger partial charge in [-0.15, -0.1) is 0 Å². The molecule has 0 unspecified atom stereocenters. The fraction of sp³-hybridized carbons (Fsp3) is 0.0435. The molecule has 0 aliphatic carbocycles. The van der Waals surface area contributed by atoms with Crippen molar-refractivity contribution in [3.05, 3.63) is 93.9 Å². The molecule has 0 saturated carbocycles. The minimum Gasteiger partial charge on any atom is -0.449 e. The first kappa shape index (κ1) is 21.6. The van der Waals surface area contributed by atoms with Crippen LogP contribution in [0.15, 0.2) is 71.1 Å². The fourth-order valence-electron chi connectivity index (χ4n) is 3.02. The van der Waals surface area contributed by atoms with Crippen LogP contribution in [0.3, 0.4) is 0 Å². The zero-order valence-corrected chi connectivity index (χ0v) is 16.5. The van der Waals surface area contributed by atoms with Crippen molar-refractivity contribution in [3.8, 4) is 17.6 Å². The molecule has 7 nitrogen and oxygen atoms in total. The highest BCUT2D eigenvalue weighted by Crippen LogP contribution is 2.39. The first-order chi connectivity index (χ1) is 15.8. The van der Waals surface area contributed by atoms with Gasteiger partial charge in [-0.1, -0.05) is 30.3 Å². The van der Waals surface area contributed by atoms with Gasteiger partial charge in [-0.3, -0.25) is 10.1 Å². The van der Waals surface area contributed by atoms with Gasteiger partial charge in [0.2, 0.25) is 11.6 Å². The van der Waals surface area contributed by atoms with Crippen molar-refractivity contribution in [1.29, 1.82) is 5.26 Å². The van der Waals surface area contributed by atoms with Crippen LogP contribution in [0.25, 0.3) is 22.7 Å². The van der Waals surface area contributed by atoms with Gasteiger partial charge in [0.1, 0.15) is 22.9 Å². The lowest BCUT2D eigenvalue weighted by Gasteiger charge is -2.11. The van der Waals surface area contributed by atoms with E-state index in [1.807, 2.05) is 6.07 Å². The Morgan fingerprint density at radius 1 is 1.09 bits per heavy atom. The van der Waals surface area contributed by atoms with E-state index in [0.29, 0.717) is 28.8 Å². The summed E-state index contributed by atoms with van der Waals surface area (Å²) in [6, 6.07) is 17.2. The van der Waals surface area contributed by atoms with Crippen molar-refractivity contribution < 1.29 is 27.2 Å². The first-order valence-electron chi connectivity index (χ1n) is 9.36. The average molecular weight is 451 g/mol. The number of ether oxygens (including phenoxy) is 1. The predicted octanol–water partition coefficient (Wildman–Crippen LogP) is 6.61. The molecule has 3 aromatic carbocycles. The van der Waals surface area contributed by atoms with Gasteiger partial charge in [0.05, 0.1) is 10.5 Å². The van der Waals surface area contributed by atoms with Crippen LogP contribution in [0, 0.1) is 21.4 Å². The number of nitro benzene ring substituents is 1. The number of aromatic nitrogens is 1. The summed E-state index contributed by atoms with van der Waals surface area (Å²) < 4.78 is 50.1. The Kier molecular flexibility index (Phi) is 5.54. The van der Waals surface area contributed by atoms with Crippen LogP contribution in [0.2, 0.25) is 0 Å². The maximum absolute atomic E-state index is 13.0. The van der Waals surface area contributed by atoms with Crippen LogP contribution in [0.5, 0.6) is 11.5 Å². The summed E-state index contributed by atoms with van der Waals surface area (Å²) in [5.41, 5.74) is -0.577. The number of benzene rings is 3. The largest absolute Gasteiger partial charge is 0.449 e. The first-order valence-corrected chi connectivity index (χ1v) is 9.36. The second kappa shape index (κ2) is 8.47. The zero-order chi connectivity index (χ0) is 23.6. The number of alkyl halides is 3. The standard InChI is InChI=1S/C23H12F3N3O4/c24-23(25,26)16-9-10-21(18(12-16)29(30)31)32-19-7-3-1-5-14(19)11-15(13-27)22-28-17-6-2-4-8-20(17)33-22/h1-12H/b15-11+. The highest BCUT2D eigenvalue weighted by molar-refractivity contribution is 5.89. The van der Waals surface area contributed by atoms with Gasteiger partial charge in [-0.25, -0.2) is 4.98 Å². The third-order valence-electron chi connectivity index (χ3n) is 4.57. The number of nitrogens with zero attached hydrogens (tertiary/aromatic N) is 3. The Balaban J connectivity index is 1.74. The fourth-order valence-corrected chi connectivity index (χ4v) is 3.02. The lowest BCUT2D eigenvalue weighted by molar-refractivity contribution is -0.385. The van der Waals surface area contributed by atoms with Crippen LogP contribution >= 0.6 is 0 Å². The summed E-state index contributed by atoms with van der Waals surface area (Å²) in [5, 5.41) is 21.0. The number of hydrogen-bond acceptors (Lipinski definition) is 6. The molecule has 0 saturated heterocycles. The van der Waals surface area contributed by atoms with Gasteiger partial charge in [0.15, 0.2) is 5.58 Å². The number of nitro groups is 1. The third kappa shape index (κ3) is 4.52. The van der Waals surface area contributed by atoms with Crippen LogP contribution in [-0.2, 0) is 6.18 Å². The topological polar surface area (TPSA) is 102 Å². The lowest BCUT2D eigenvalue weighted by atomic mass is 10.1. The molecule has 0 radical (unpaired) electrons. The van der Waals surface area contributed by atoms with E-state index in [4.69, 9.17) is 9.15 Å². The van der Waals surface area contributed by atoms with Gasteiger partial charge in [0.25, 0.3) is 0 Å². The van der Waals surface area contributed by atoms with Crippen molar-refractivity contribution in [2.45, 2.75) is 6.18 Å². The number of nitriles is 1. The summed E-state index contributed by atoms with van der Waals surface area (Å²) in [7, 11) is 0. The molecular formula is C23H12F3N3O4. The van der Waals surface area contributed by atoms with Crippen LogP contribution in [-0.4, -0.2) is 9.91 Å². The number of allylic oxidation sites excluding steroid dienone is 1. The zero-order valence-electron chi connectivity index (χ0n) is 16.5. The number of halogens is 3. The molecule has 0 aliphatic rings. The number of para-hydroxylation sites is 3. The van der Waals surface area contributed by atoms with E-state index >= 15 is 0 Å². The Bertz CT molecular complexity index is 1400. The molecule has 0 atom stereocenters. The van der Waals surface area contributed by atoms with E-state index in [1.54, 1.807) is 42.5 Å². The highest BCUT2D eigenvalue weighted by atomic mass is 19.4. The van der Waals surface area contributed by atoms with E-state index < -0.39 is 22.4 Å². The highest BCUT2D eigenvalue weighted by Gasteiger charge is 2.33. The Morgan fingerprint density at radius 2 is 1.82 bits per heavy atom. The maximum atomic E-state index is 13.0.